The second-order valence-corrected chi connectivity index (χ2v) is 8.71. The number of esters is 3. The van der Waals surface area contributed by atoms with Crippen LogP contribution in [0.4, 0.5) is 0 Å². The van der Waals surface area contributed by atoms with Gasteiger partial charge in [0.1, 0.15) is 12.2 Å². The Hall–Kier alpha value is -2.15. The van der Waals surface area contributed by atoms with Gasteiger partial charge < -0.3 is 14.2 Å². The van der Waals surface area contributed by atoms with Crippen molar-refractivity contribution in [1.82, 2.24) is 4.90 Å². The zero-order valence-electron chi connectivity index (χ0n) is 18.3. The van der Waals surface area contributed by atoms with Crippen LogP contribution in [0.3, 0.4) is 0 Å². The Labute approximate surface area is 178 Å². The van der Waals surface area contributed by atoms with Crippen LogP contribution >= 0.6 is 0 Å². The van der Waals surface area contributed by atoms with Crippen molar-refractivity contribution in [3.05, 3.63) is 23.3 Å². The predicted octanol–water partition coefficient (Wildman–Crippen LogP) is 2.79. The number of hydrogen-bond acceptors (Lipinski definition) is 7. The molecule has 2 saturated heterocycles. The first-order chi connectivity index (χ1) is 14.3. The third kappa shape index (κ3) is 5.12. The van der Waals surface area contributed by atoms with Gasteiger partial charge in [0, 0.05) is 18.9 Å². The van der Waals surface area contributed by atoms with Gasteiger partial charge in [0.05, 0.1) is 19.1 Å². The first kappa shape index (κ1) is 22.5. The van der Waals surface area contributed by atoms with E-state index in [9.17, 15) is 14.4 Å². The molecule has 3 aliphatic rings. The third-order valence-corrected chi connectivity index (χ3v) is 6.38. The van der Waals surface area contributed by atoms with E-state index in [0.29, 0.717) is 18.6 Å². The maximum Gasteiger partial charge on any atom is 0.334 e. The van der Waals surface area contributed by atoms with Crippen molar-refractivity contribution in [3.8, 4) is 0 Å². The highest BCUT2D eigenvalue weighted by atomic mass is 16.6. The summed E-state index contributed by atoms with van der Waals surface area (Å²) in [7, 11) is 0. The number of rotatable bonds is 8. The summed E-state index contributed by atoms with van der Waals surface area (Å²) in [5, 5.41) is 0. The highest BCUT2D eigenvalue weighted by Gasteiger charge is 2.50. The molecule has 0 bridgehead atoms. The van der Waals surface area contributed by atoms with Crippen LogP contribution in [0, 0.1) is 11.8 Å². The Morgan fingerprint density at radius 1 is 1.30 bits per heavy atom. The average molecular weight is 420 g/mol. The lowest BCUT2D eigenvalue weighted by molar-refractivity contribution is -0.152. The van der Waals surface area contributed by atoms with Crippen LogP contribution in [0.2, 0.25) is 0 Å². The molecule has 0 unspecified atom stereocenters. The van der Waals surface area contributed by atoms with Gasteiger partial charge in [0.25, 0.3) is 0 Å². The fourth-order valence-corrected chi connectivity index (χ4v) is 4.95. The molecule has 7 nitrogen and oxygen atoms in total. The Balaban J connectivity index is 1.75. The molecule has 0 saturated carbocycles. The maximum atomic E-state index is 12.8. The van der Waals surface area contributed by atoms with Gasteiger partial charge in [-0.3, -0.25) is 14.5 Å². The summed E-state index contributed by atoms with van der Waals surface area (Å²) in [6.07, 6.45) is 3.47. The Morgan fingerprint density at radius 2 is 2.00 bits per heavy atom. The minimum Gasteiger partial charge on any atom is -0.466 e. The normalized spacial score (nSPS) is 27.6. The summed E-state index contributed by atoms with van der Waals surface area (Å²) in [5.41, 5.74) is 2.53. The summed E-state index contributed by atoms with van der Waals surface area (Å²) in [6.45, 7) is 11.9. The van der Waals surface area contributed by atoms with Crippen LogP contribution < -0.4 is 0 Å². The van der Waals surface area contributed by atoms with Crippen LogP contribution in [-0.4, -0.2) is 61.3 Å². The van der Waals surface area contributed by atoms with Crippen molar-refractivity contribution >= 4 is 17.9 Å². The SMILES string of the molecule is C=C1C(=O)O[C@@H]2CC(C)=C([C@@H](C)CCCOC(C)=O)[C@@H](OC(=O)CN3CCCC3)[C@H]12. The molecule has 2 aliphatic heterocycles. The van der Waals surface area contributed by atoms with Crippen molar-refractivity contribution in [2.75, 3.05) is 26.2 Å². The van der Waals surface area contributed by atoms with Gasteiger partial charge in [-0.05, 0) is 57.2 Å². The predicted molar refractivity (Wildman–Crippen MR) is 110 cm³/mol. The smallest absolute Gasteiger partial charge is 0.334 e. The second kappa shape index (κ2) is 9.77. The zero-order valence-corrected chi connectivity index (χ0v) is 18.3. The monoisotopic (exact) mass is 419 g/mol. The topological polar surface area (TPSA) is 82.1 Å². The number of nitrogens with zero attached hydrogens (tertiary/aromatic N) is 1. The van der Waals surface area contributed by atoms with E-state index in [1.54, 1.807) is 0 Å². The quantitative estimate of drug-likeness (QED) is 0.197. The molecule has 0 aromatic heterocycles. The molecular formula is C23H33NO6. The van der Waals surface area contributed by atoms with E-state index in [4.69, 9.17) is 14.2 Å². The van der Waals surface area contributed by atoms with E-state index in [1.807, 2.05) is 6.92 Å². The van der Waals surface area contributed by atoms with Crippen molar-refractivity contribution in [3.63, 3.8) is 0 Å². The fourth-order valence-electron chi connectivity index (χ4n) is 4.95. The number of carbonyl (C=O) groups excluding carboxylic acids is 3. The molecular weight excluding hydrogens is 386 g/mol. The average Bonchev–Trinajstić information content (AvgIpc) is 3.26. The van der Waals surface area contributed by atoms with Crippen molar-refractivity contribution < 1.29 is 28.6 Å². The van der Waals surface area contributed by atoms with Crippen molar-refractivity contribution in [2.45, 2.75) is 65.1 Å². The molecule has 2 fully saturated rings. The molecule has 0 spiro atoms. The summed E-state index contributed by atoms with van der Waals surface area (Å²) in [6, 6.07) is 0. The standard InChI is InChI=1S/C23H33NO6/c1-14(8-7-11-28-17(4)25)20-15(2)12-18-21(16(3)23(27)29-18)22(20)30-19(26)13-24-9-5-6-10-24/h14,18,21-22H,3,5-13H2,1-2,4H3/t14-,18+,21+,22+/m0/s1. The van der Waals surface area contributed by atoms with Crippen LogP contribution in [0.5, 0.6) is 0 Å². The minimum absolute atomic E-state index is 0.120. The van der Waals surface area contributed by atoms with E-state index in [1.165, 1.54) is 6.92 Å². The molecule has 0 aromatic rings. The van der Waals surface area contributed by atoms with E-state index < -0.39 is 12.1 Å². The summed E-state index contributed by atoms with van der Waals surface area (Å²) in [5.74, 6) is -1.18. The van der Waals surface area contributed by atoms with Crippen LogP contribution in [0.1, 0.15) is 52.9 Å². The Morgan fingerprint density at radius 3 is 2.67 bits per heavy atom. The minimum atomic E-state index is -0.540. The van der Waals surface area contributed by atoms with Gasteiger partial charge in [-0.2, -0.15) is 0 Å². The van der Waals surface area contributed by atoms with Crippen molar-refractivity contribution in [2.24, 2.45) is 11.8 Å². The zero-order chi connectivity index (χ0) is 21.8. The molecule has 4 atom stereocenters. The van der Waals surface area contributed by atoms with Gasteiger partial charge in [-0.15, -0.1) is 0 Å². The van der Waals surface area contributed by atoms with Gasteiger partial charge in [-0.1, -0.05) is 19.1 Å². The molecule has 0 radical (unpaired) electrons. The van der Waals surface area contributed by atoms with E-state index in [2.05, 4.69) is 18.4 Å². The number of likely N-dealkylation sites (tertiary alicyclic amines) is 1. The molecule has 166 valence electrons. The summed E-state index contributed by atoms with van der Waals surface area (Å²) >= 11 is 0. The first-order valence-corrected chi connectivity index (χ1v) is 10.9. The molecule has 7 heteroatoms. The number of hydrogen-bond donors (Lipinski definition) is 0. The second-order valence-electron chi connectivity index (χ2n) is 8.71. The van der Waals surface area contributed by atoms with Gasteiger partial charge in [-0.25, -0.2) is 4.79 Å². The Bertz CT molecular complexity index is 736. The molecule has 0 aromatic carbocycles. The number of fused-ring (bicyclic) bond motifs is 1. The largest absolute Gasteiger partial charge is 0.466 e. The van der Waals surface area contributed by atoms with E-state index >= 15 is 0 Å². The van der Waals surface area contributed by atoms with Crippen LogP contribution in [0.25, 0.3) is 0 Å². The number of ether oxygens (including phenoxy) is 3. The molecule has 30 heavy (non-hydrogen) atoms. The van der Waals surface area contributed by atoms with Crippen molar-refractivity contribution in [1.29, 1.82) is 0 Å². The maximum absolute atomic E-state index is 12.8. The number of carbonyl (C=O) groups is 3. The highest BCUT2D eigenvalue weighted by Crippen LogP contribution is 2.45. The first-order valence-electron chi connectivity index (χ1n) is 10.9. The highest BCUT2D eigenvalue weighted by molar-refractivity contribution is 5.91. The van der Waals surface area contributed by atoms with Gasteiger partial charge >= 0.3 is 17.9 Å². The van der Waals surface area contributed by atoms with E-state index in [0.717, 1.165) is 49.9 Å². The van der Waals surface area contributed by atoms with Gasteiger partial charge in [0.2, 0.25) is 0 Å². The molecule has 2 heterocycles. The van der Waals surface area contributed by atoms with Crippen LogP contribution in [0.15, 0.2) is 23.3 Å². The summed E-state index contributed by atoms with van der Waals surface area (Å²) in [4.78, 5) is 38.0. The molecule has 0 amide bonds. The molecule has 0 N–H and O–H groups in total. The molecule has 1 aliphatic carbocycles. The fraction of sp³-hybridized carbons (Fsp3) is 0.696. The lowest BCUT2D eigenvalue weighted by Crippen LogP contribution is -2.42. The Kier molecular flexibility index (Phi) is 7.34. The third-order valence-electron chi connectivity index (χ3n) is 6.38. The van der Waals surface area contributed by atoms with E-state index in [-0.39, 0.29) is 36.4 Å². The summed E-state index contributed by atoms with van der Waals surface area (Å²) < 4.78 is 16.6. The van der Waals surface area contributed by atoms with Crippen LogP contribution in [-0.2, 0) is 28.6 Å². The lowest BCUT2D eigenvalue weighted by Gasteiger charge is -2.37. The lowest BCUT2D eigenvalue weighted by atomic mass is 9.73. The van der Waals surface area contributed by atoms with Gasteiger partial charge in [0.15, 0.2) is 0 Å². The molecule has 3 rings (SSSR count).